The molecule has 0 saturated carbocycles. The van der Waals surface area contributed by atoms with E-state index < -0.39 is 23.6 Å². The molecule has 0 aliphatic rings. The lowest BCUT2D eigenvalue weighted by molar-refractivity contribution is -0.140. The summed E-state index contributed by atoms with van der Waals surface area (Å²) in [5.41, 5.74) is -0.811. The lowest BCUT2D eigenvalue weighted by Crippen LogP contribution is -2.12. The van der Waals surface area contributed by atoms with Gasteiger partial charge in [0.15, 0.2) is 5.69 Å². The Morgan fingerprint density at radius 3 is 2.50 bits per heavy atom. The zero-order chi connectivity index (χ0) is 23.6. The molecule has 2 aromatic heterocycles. The molecule has 32 heavy (non-hydrogen) atoms. The van der Waals surface area contributed by atoms with E-state index in [4.69, 9.17) is 0 Å². The normalized spacial score (nSPS) is 11.5. The fourth-order valence-corrected chi connectivity index (χ4v) is 3.48. The summed E-state index contributed by atoms with van der Waals surface area (Å²) in [6, 6.07) is 6.75. The van der Waals surface area contributed by atoms with Crippen molar-refractivity contribution in [1.82, 2.24) is 19.6 Å². The Labute approximate surface area is 180 Å². The van der Waals surface area contributed by atoms with Crippen molar-refractivity contribution in [2.24, 2.45) is 7.05 Å². The molecular formula is C22H20F4N4O2. The predicted molar refractivity (Wildman–Crippen MR) is 112 cm³/mol. The molecule has 168 valence electrons. The summed E-state index contributed by atoms with van der Waals surface area (Å²) < 4.78 is 57.7. The van der Waals surface area contributed by atoms with Crippen LogP contribution in [0.15, 0.2) is 36.5 Å². The average molecular weight is 448 g/mol. The van der Waals surface area contributed by atoms with Crippen LogP contribution in [-0.2, 0) is 18.0 Å². The van der Waals surface area contributed by atoms with Gasteiger partial charge in [0.25, 0.3) is 0 Å². The second-order valence-electron chi connectivity index (χ2n) is 6.72. The molecule has 0 bridgehead atoms. The summed E-state index contributed by atoms with van der Waals surface area (Å²) in [7, 11) is 1.38. The van der Waals surface area contributed by atoms with Crippen LogP contribution < -0.4 is 0 Å². The topological polar surface area (TPSA) is 69.8 Å². The van der Waals surface area contributed by atoms with E-state index in [-0.39, 0.29) is 40.4 Å². The second-order valence-corrected chi connectivity index (χ2v) is 6.72. The number of rotatable bonds is 4. The molecule has 0 saturated heterocycles. The van der Waals surface area contributed by atoms with E-state index in [9.17, 15) is 27.2 Å². The van der Waals surface area contributed by atoms with Crippen LogP contribution in [0.4, 0.5) is 17.6 Å². The lowest BCUT2D eigenvalue weighted by atomic mass is 9.98. The van der Waals surface area contributed by atoms with E-state index in [2.05, 4.69) is 10.2 Å². The van der Waals surface area contributed by atoms with Gasteiger partial charge in [-0.1, -0.05) is 26.0 Å². The molecule has 0 aliphatic heterocycles. The number of carbonyl (C=O) groups is 2. The first-order valence-corrected chi connectivity index (χ1v) is 9.89. The SMILES string of the molecule is CC.Cn1nc(C(F)(F)F)c2c(-c3cc4c(cnn4C(=O)CCC=O)cc3F)cccc21. The van der Waals surface area contributed by atoms with Crippen LogP contribution in [0.5, 0.6) is 0 Å². The molecule has 0 fully saturated rings. The van der Waals surface area contributed by atoms with Crippen molar-refractivity contribution in [3.8, 4) is 11.1 Å². The van der Waals surface area contributed by atoms with Crippen LogP contribution in [0.1, 0.15) is 37.2 Å². The van der Waals surface area contributed by atoms with Crippen molar-refractivity contribution in [3.05, 3.63) is 48.0 Å². The van der Waals surface area contributed by atoms with Gasteiger partial charge in [-0.3, -0.25) is 9.48 Å². The number of hydrogen-bond acceptors (Lipinski definition) is 4. The Morgan fingerprint density at radius 2 is 1.84 bits per heavy atom. The summed E-state index contributed by atoms with van der Waals surface area (Å²) in [6.07, 6.45) is -2.95. The highest BCUT2D eigenvalue weighted by Gasteiger charge is 2.37. The third kappa shape index (κ3) is 4.00. The van der Waals surface area contributed by atoms with Crippen LogP contribution in [0.25, 0.3) is 32.9 Å². The zero-order valence-electron chi connectivity index (χ0n) is 17.6. The van der Waals surface area contributed by atoms with Gasteiger partial charge >= 0.3 is 6.18 Å². The van der Waals surface area contributed by atoms with E-state index >= 15 is 0 Å². The highest BCUT2D eigenvalue weighted by molar-refractivity contribution is 6.00. The number of halogens is 4. The number of fused-ring (bicyclic) bond motifs is 2. The van der Waals surface area contributed by atoms with Crippen LogP contribution in [0, 0.1) is 5.82 Å². The molecule has 0 amide bonds. The minimum absolute atomic E-state index is 0.000385. The Balaban J connectivity index is 0.00000141. The fraction of sp³-hybridized carbons (Fsp3) is 0.273. The van der Waals surface area contributed by atoms with Crippen LogP contribution in [0.2, 0.25) is 0 Å². The molecular weight excluding hydrogens is 428 g/mol. The number of benzene rings is 2. The first kappa shape index (κ1) is 23.1. The molecule has 0 atom stereocenters. The average Bonchev–Trinajstić information content (AvgIpc) is 3.33. The third-order valence-corrected chi connectivity index (χ3v) is 4.81. The smallest absolute Gasteiger partial charge is 0.303 e. The van der Waals surface area contributed by atoms with Gasteiger partial charge in [0, 0.05) is 36.2 Å². The number of hydrogen-bond donors (Lipinski definition) is 0. The van der Waals surface area contributed by atoms with Crippen molar-refractivity contribution in [2.45, 2.75) is 32.9 Å². The summed E-state index contributed by atoms with van der Waals surface area (Å²) in [5, 5.41) is 7.59. The Morgan fingerprint density at radius 1 is 1.12 bits per heavy atom. The Bertz CT molecular complexity index is 1300. The molecule has 0 unspecified atom stereocenters. The highest BCUT2D eigenvalue weighted by Crippen LogP contribution is 2.40. The summed E-state index contributed by atoms with van der Waals surface area (Å²) >= 11 is 0. The van der Waals surface area contributed by atoms with E-state index in [1.165, 1.54) is 37.5 Å². The number of aldehydes is 1. The number of alkyl halides is 3. The molecule has 2 aromatic carbocycles. The molecule has 6 nitrogen and oxygen atoms in total. The first-order valence-electron chi connectivity index (χ1n) is 9.89. The van der Waals surface area contributed by atoms with E-state index in [1.807, 2.05) is 13.8 Å². The predicted octanol–water partition coefficient (Wildman–Crippen LogP) is 5.39. The molecule has 0 aliphatic carbocycles. The number of carbonyl (C=O) groups excluding carboxylic acids is 2. The number of nitrogens with zero attached hydrogens (tertiary/aromatic N) is 4. The first-order chi connectivity index (χ1) is 15.2. The minimum atomic E-state index is -4.73. The van der Waals surface area contributed by atoms with Crippen molar-refractivity contribution in [3.63, 3.8) is 0 Å². The van der Waals surface area contributed by atoms with Gasteiger partial charge < -0.3 is 4.79 Å². The van der Waals surface area contributed by atoms with Gasteiger partial charge in [0.1, 0.15) is 12.1 Å². The van der Waals surface area contributed by atoms with Gasteiger partial charge in [-0.25, -0.2) is 9.07 Å². The van der Waals surface area contributed by atoms with Crippen molar-refractivity contribution < 1.29 is 27.2 Å². The number of aromatic nitrogens is 4. The third-order valence-electron chi connectivity index (χ3n) is 4.81. The molecule has 4 rings (SSSR count). The maximum Gasteiger partial charge on any atom is 0.435 e. The summed E-state index contributed by atoms with van der Waals surface area (Å²) in [5.74, 6) is -1.24. The van der Waals surface area contributed by atoms with Crippen LogP contribution >= 0.6 is 0 Å². The molecule has 10 heteroatoms. The standard InChI is InChI=1S/C20H14F4N4O2.C2H6/c1-27-15-5-2-4-12(18(15)19(26-27)20(22,23)24)13-9-16-11(8-14(13)21)10-25-28(16)17(30)6-3-7-29;1-2/h2,4-5,7-10H,3,6H2,1H3;1-2H3. The minimum Gasteiger partial charge on any atom is -0.303 e. The summed E-state index contributed by atoms with van der Waals surface area (Å²) in [4.78, 5) is 22.8. The van der Waals surface area contributed by atoms with Gasteiger partial charge in [0.2, 0.25) is 5.91 Å². The van der Waals surface area contributed by atoms with Crippen molar-refractivity contribution in [2.75, 3.05) is 0 Å². The summed E-state index contributed by atoms with van der Waals surface area (Å²) in [6.45, 7) is 4.00. The maximum atomic E-state index is 14.9. The molecule has 0 radical (unpaired) electrons. The molecule has 0 N–H and O–H groups in total. The zero-order valence-corrected chi connectivity index (χ0v) is 17.6. The van der Waals surface area contributed by atoms with Gasteiger partial charge in [-0.05, 0) is 23.8 Å². The van der Waals surface area contributed by atoms with E-state index in [0.717, 1.165) is 15.4 Å². The van der Waals surface area contributed by atoms with Crippen LogP contribution in [0.3, 0.4) is 0 Å². The molecule has 0 spiro atoms. The van der Waals surface area contributed by atoms with Gasteiger partial charge in [-0.2, -0.15) is 23.4 Å². The highest BCUT2D eigenvalue weighted by atomic mass is 19.4. The Hall–Kier alpha value is -3.56. The largest absolute Gasteiger partial charge is 0.435 e. The van der Waals surface area contributed by atoms with Crippen molar-refractivity contribution >= 4 is 34.0 Å². The quantitative estimate of drug-likeness (QED) is 0.310. The van der Waals surface area contributed by atoms with Gasteiger partial charge in [-0.15, -0.1) is 0 Å². The maximum absolute atomic E-state index is 14.9. The van der Waals surface area contributed by atoms with E-state index in [1.54, 1.807) is 0 Å². The van der Waals surface area contributed by atoms with Crippen molar-refractivity contribution in [1.29, 1.82) is 0 Å². The second kappa shape index (κ2) is 8.89. The van der Waals surface area contributed by atoms with E-state index in [0.29, 0.717) is 11.7 Å². The Kier molecular flexibility index (Phi) is 6.42. The lowest BCUT2D eigenvalue weighted by Gasteiger charge is -2.10. The van der Waals surface area contributed by atoms with Crippen LogP contribution in [-0.4, -0.2) is 31.8 Å². The molecule has 4 aromatic rings. The number of aryl methyl sites for hydroxylation is 1. The molecule has 2 heterocycles. The monoisotopic (exact) mass is 448 g/mol. The fourth-order valence-electron chi connectivity index (χ4n) is 3.48. The van der Waals surface area contributed by atoms with Gasteiger partial charge in [0.05, 0.1) is 17.2 Å².